The number of hydrogen-bond donors (Lipinski definition) is 0. The molecule has 3 rings (SSSR count). The van der Waals surface area contributed by atoms with E-state index in [1.165, 1.54) is 12.1 Å². The van der Waals surface area contributed by atoms with Crippen LogP contribution in [0, 0.1) is 13.8 Å². The Kier molecular flexibility index (Phi) is 4.72. The van der Waals surface area contributed by atoms with Crippen LogP contribution in [0.1, 0.15) is 39.0 Å². The number of carbonyl (C=O) groups excluding carboxylic acids is 2. The Labute approximate surface area is 150 Å². The van der Waals surface area contributed by atoms with Gasteiger partial charge in [0.1, 0.15) is 0 Å². The number of fused-ring (bicyclic) bond motifs is 1. The van der Waals surface area contributed by atoms with Gasteiger partial charge >= 0.3 is 5.97 Å². The highest BCUT2D eigenvalue weighted by Gasteiger charge is 2.22. The van der Waals surface area contributed by atoms with Crippen molar-refractivity contribution in [2.45, 2.75) is 27.3 Å². The maximum absolute atomic E-state index is 12.4. The molecule has 0 bridgehead atoms. The van der Waals surface area contributed by atoms with Gasteiger partial charge in [-0.25, -0.2) is 4.79 Å². The zero-order chi connectivity index (χ0) is 18.1. The van der Waals surface area contributed by atoms with Gasteiger partial charge in [-0.05, 0) is 39.0 Å². The normalized spacial score (nSPS) is 12.3. The van der Waals surface area contributed by atoms with Crippen LogP contribution in [-0.2, 0) is 11.3 Å². The average Bonchev–Trinajstić information content (AvgIpc) is 3.16. The summed E-state index contributed by atoms with van der Waals surface area (Å²) in [5.74, 6) is -0.0931. The van der Waals surface area contributed by atoms with Gasteiger partial charge in [0.2, 0.25) is 12.6 Å². The molecule has 1 aliphatic rings. The number of Topliss-reactive ketones (excluding diaryl/α,β-unsaturated/α-hetero) is 1. The van der Waals surface area contributed by atoms with E-state index >= 15 is 0 Å². The first-order valence-electron chi connectivity index (χ1n) is 7.88. The number of halogens is 1. The summed E-state index contributed by atoms with van der Waals surface area (Å²) in [7, 11) is 0. The average molecular weight is 364 g/mol. The first-order valence-corrected chi connectivity index (χ1v) is 8.26. The molecule has 0 saturated carbocycles. The van der Waals surface area contributed by atoms with Gasteiger partial charge in [-0.15, -0.1) is 0 Å². The smallest absolute Gasteiger partial charge is 0.338 e. The molecule has 7 heteroatoms. The Balaban J connectivity index is 1.70. The summed E-state index contributed by atoms with van der Waals surface area (Å²) >= 11 is 6.05. The summed E-state index contributed by atoms with van der Waals surface area (Å²) in [6, 6.07) is 4.74. The number of ketones is 1. The van der Waals surface area contributed by atoms with Crippen LogP contribution >= 0.6 is 11.6 Å². The van der Waals surface area contributed by atoms with E-state index in [2.05, 4.69) is 0 Å². The summed E-state index contributed by atoms with van der Waals surface area (Å²) in [6.07, 6.45) is 0. The fourth-order valence-electron chi connectivity index (χ4n) is 2.95. The number of benzene rings is 1. The fourth-order valence-corrected chi connectivity index (χ4v) is 3.21. The number of nitrogens with zero attached hydrogens (tertiary/aromatic N) is 1. The number of aryl methyl sites for hydroxylation is 1. The fraction of sp³-hybridized carbons (Fsp3) is 0.333. The predicted molar refractivity (Wildman–Crippen MR) is 91.8 cm³/mol. The van der Waals surface area contributed by atoms with Crippen LogP contribution in [-0.4, -0.2) is 29.7 Å². The molecule has 0 amide bonds. The zero-order valence-corrected chi connectivity index (χ0v) is 15.0. The largest absolute Gasteiger partial charge is 0.454 e. The topological polar surface area (TPSA) is 66.8 Å². The van der Waals surface area contributed by atoms with Crippen molar-refractivity contribution in [1.82, 2.24) is 4.57 Å². The van der Waals surface area contributed by atoms with Crippen molar-refractivity contribution >= 4 is 23.4 Å². The molecule has 0 N–H and O–H groups in total. The van der Waals surface area contributed by atoms with Gasteiger partial charge in [-0.1, -0.05) is 11.6 Å². The van der Waals surface area contributed by atoms with Crippen LogP contribution < -0.4 is 9.47 Å². The van der Waals surface area contributed by atoms with Crippen molar-refractivity contribution in [3.05, 3.63) is 45.7 Å². The summed E-state index contributed by atoms with van der Waals surface area (Å²) in [4.78, 5) is 24.6. The Morgan fingerprint density at radius 1 is 1.24 bits per heavy atom. The third kappa shape index (κ3) is 3.22. The minimum absolute atomic E-state index is 0.0546. The van der Waals surface area contributed by atoms with Crippen LogP contribution in [0.5, 0.6) is 11.5 Å². The third-order valence-electron chi connectivity index (χ3n) is 4.19. The molecule has 25 heavy (non-hydrogen) atoms. The number of esters is 1. The van der Waals surface area contributed by atoms with E-state index in [1.54, 1.807) is 0 Å². The second-order valence-corrected chi connectivity index (χ2v) is 6.13. The van der Waals surface area contributed by atoms with Crippen LogP contribution in [0.3, 0.4) is 0 Å². The molecule has 0 spiro atoms. The minimum atomic E-state index is -0.641. The molecule has 1 aromatic carbocycles. The Hall–Kier alpha value is -2.47. The van der Waals surface area contributed by atoms with E-state index in [1.807, 2.05) is 31.4 Å². The number of carbonyl (C=O) groups is 2. The number of rotatable bonds is 5. The molecule has 0 atom stereocenters. The Morgan fingerprint density at radius 3 is 2.68 bits per heavy atom. The maximum Gasteiger partial charge on any atom is 0.338 e. The highest BCUT2D eigenvalue weighted by atomic mass is 35.5. The van der Waals surface area contributed by atoms with E-state index in [0.29, 0.717) is 17.1 Å². The van der Waals surface area contributed by atoms with Crippen molar-refractivity contribution in [2.75, 3.05) is 13.4 Å². The quantitative estimate of drug-likeness (QED) is 0.600. The van der Waals surface area contributed by atoms with Crippen LogP contribution in [0.25, 0.3) is 0 Å². The van der Waals surface area contributed by atoms with Gasteiger partial charge in [0.25, 0.3) is 0 Å². The molecule has 6 nitrogen and oxygen atoms in total. The van der Waals surface area contributed by atoms with E-state index < -0.39 is 5.97 Å². The van der Waals surface area contributed by atoms with Crippen molar-refractivity contribution in [3.8, 4) is 11.5 Å². The highest BCUT2D eigenvalue weighted by Crippen LogP contribution is 2.39. The molecule has 0 unspecified atom stereocenters. The molecule has 1 aliphatic heterocycles. The molecular weight excluding hydrogens is 346 g/mol. The van der Waals surface area contributed by atoms with E-state index in [0.717, 1.165) is 17.9 Å². The van der Waals surface area contributed by atoms with Crippen LogP contribution in [0.2, 0.25) is 5.02 Å². The predicted octanol–water partition coefficient (Wildman–Crippen LogP) is 3.55. The summed E-state index contributed by atoms with van der Waals surface area (Å²) < 4.78 is 17.6. The van der Waals surface area contributed by atoms with Crippen molar-refractivity contribution in [3.63, 3.8) is 0 Å². The third-order valence-corrected chi connectivity index (χ3v) is 4.47. The van der Waals surface area contributed by atoms with Gasteiger partial charge < -0.3 is 18.8 Å². The van der Waals surface area contributed by atoms with E-state index in [9.17, 15) is 9.59 Å². The number of ether oxygens (including phenoxy) is 3. The zero-order valence-electron chi connectivity index (χ0n) is 14.2. The van der Waals surface area contributed by atoms with Crippen molar-refractivity contribution in [2.24, 2.45) is 0 Å². The first kappa shape index (κ1) is 17.4. The SMILES string of the molecule is CCn1c(C)cc(C(=O)COC(=O)c2cc(Cl)c3c(c2)OCO3)c1C. The number of aromatic nitrogens is 1. The van der Waals surface area contributed by atoms with Gasteiger partial charge in [-0.2, -0.15) is 0 Å². The molecule has 0 aliphatic carbocycles. The molecular formula is C18H18ClNO5. The first-order chi connectivity index (χ1) is 11.9. The van der Waals surface area contributed by atoms with E-state index in [4.69, 9.17) is 25.8 Å². The second-order valence-electron chi connectivity index (χ2n) is 5.72. The molecule has 0 saturated heterocycles. The Bertz CT molecular complexity index is 856. The highest BCUT2D eigenvalue weighted by molar-refractivity contribution is 6.32. The summed E-state index contributed by atoms with van der Waals surface area (Å²) in [6.45, 7) is 6.33. The molecule has 1 aromatic heterocycles. The molecule has 2 heterocycles. The molecule has 2 aromatic rings. The lowest BCUT2D eigenvalue weighted by molar-refractivity contribution is 0.0474. The van der Waals surface area contributed by atoms with Crippen molar-refractivity contribution < 1.29 is 23.8 Å². The van der Waals surface area contributed by atoms with Gasteiger partial charge in [0.05, 0.1) is 10.6 Å². The van der Waals surface area contributed by atoms with Gasteiger partial charge in [0, 0.05) is 23.5 Å². The maximum atomic E-state index is 12.4. The molecule has 132 valence electrons. The van der Waals surface area contributed by atoms with Gasteiger partial charge in [0.15, 0.2) is 18.1 Å². The van der Waals surface area contributed by atoms with Crippen LogP contribution in [0.4, 0.5) is 0 Å². The summed E-state index contributed by atoms with van der Waals surface area (Å²) in [5.41, 5.74) is 2.64. The molecule has 0 radical (unpaired) electrons. The minimum Gasteiger partial charge on any atom is -0.454 e. The lowest BCUT2D eigenvalue weighted by atomic mass is 10.1. The number of hydrogen-bond acceptors (Lipinski definition) is 5. The second kappa shape index (κ2) is 6.80. The lowest BCUT2D eigenvalue weighted by Gasteiger charge is -2.07. The Morgan fingerprint density at radius 2 is 2.00 bits per heavy atom. The van der Waals surface area contributed by atoms with Gasteiger partial charge in [-0.3, -0.25) is 4.79 Å². The lowest BCUT2D eigenvalue weighted by Crippen LogP contribution is -2.15. The van der Waals surface area contributed by atoms with E-state index in [-0.39, 0.29) is 29.8 Å². The summed E-state index contributed by atoms with van der Waals surface area (Å²) in [5, 5.41) is 0.264. The monoisotopic (exact) mass is 363 g/mol. The van der Waals surface area contributed by atoms with Crippen molar-refractivity contribution in [1.29, 1.82) is 0 Å². The molecule has 0 fully saturated rings. The van der Waals surface area contributed by atoms with Crippen LogP contribution in [0.15, 0.2) is 18.2 Å². The standard InChI is InChI=1S/C18H18ClNO5/c1-4-20-10(2)5-13(11(20)3)15(21)8-23-18(22)12-6-14(19)17-16(7-12)24-9-25-17/h5-7H,4,8-9H2,1-3H3.